The lowest BCUT2D eigenvalue weighted by molar-refractivity contribution is 0.0626. The van der Waals surface area contributed by atoms with Crippen LogP contribution in [0, 0.1) is 0 Å². The Morgan fingerprint density at radius 3 is 1.95 bits per heavy atom. The summed E-state index contributed by atoms with van der Waals surface area (Å²) in [5.74, 6) is -6.31. The Labute approximate surface area is 124 Å². The van der Waals surface area contributed by atoms with Crippen LogP contribution in [0.2, 0.25) is 0 Å². The van der Waals surface area contributed by atoms with Gasteiger partial charge in [0.2, 0.25) is 0 Å². The second-order valence-corrected chi connectivity index (χ2v) is 4.91. The Bertz CT molecular complexity index is 480. The van der Waals surface area contributed by atoms with Gasteiger partial charge >= 0.3 is 0 Å². The minimum atomic E-state index is -3.17. The molecule has 0 nitrogen and oxygen atoms in total. The SMILES string of the molecule is C=C\C=C/C(=C(\C)C(=C)C(C)(F)F)C(=C\CC)/C(C)(F)F. The van der Waals surface area contributed by atoms with Gasteiger partial charge in [-0.1, -0.05) is 44.4 Å². The molecule has 0 N–H and O–H groups in total. The van der Waals surface area contributed by atoms with Crippen molar-refractivity contribution >= 4 is 0 Å². The van der Waals surface area contributed by atoms with E-state index in [4.69, 9.17) is 0 Å². The third-order valence-electron chi connectivity index (χ3n) is 2.96. The Morgan fingerprint density at radius 1 is 1.10 bits per heavy atom. The van der Waals surface area contributed by atoms with E-state index in [1.807, 2.05) is 0 Å². The number of halogens is 4. The van der Waals surface area contributed by atoms with Crippen molar-refractivity contribution in [2.45, 2.75) is 46.0 Å². The van der Waals surface area contributed by atoms with Gasteiger partial charge in [-0.2, -0.15) is 0 Å². The van der Waals surface area contributed by atoms with Gasteiger partial charge in [-0.25, -0.2) is 17.6 Å². The van der Waals surface area contributed by atoms with Gasteiger partial charge in [0.15, 0.2) is 0 Å². The molecule has 0 aromatic carbocycles. The first kappa shape index (κ1) is 19.4. The van der Waals surface area contributed by atoms with E-state index in [0.29, 0.717) is 13.3 Å². The van der Waals surface area contributed by atoms with E-state index in [2.05, 4.69) is 13.2 Å². The van der Waals surface area contributed by atoms with Crippen LogP contribution >= 0.6 is 0 Å². The summed E-state index contributed by atoms with van der Waals surface area (Å²) in [7, 11) is 0. The van der Waals surface area contributed by atoms with Crippen LogP contribution < -0.4 is 0 Å². The lowest BCUT2D eigenvalue weighted by Crippen LogP contribution is -2.19. The molecule has 21 heavy (non-hydrogen) atoms. The molecule has 0 rings (SSSR count). The molecule has 4 heteroatoms. The van der Waals surface area contributed by atoms with Crippen LogP contribution in [0.3, 0.4) is 0 Å². The third-order valence-corrected chi connectivity index (χ3v) is 2.96. The van der Waals surface area contributed by atoms with Crippen molar-refractivity contribution in [2.75, 3.05) is 0 Å². The monoisotopic (exact) mass is 302 g/mol. The van der Waals surface area contributed by atoms with Gasteiger partial charge < -0.3 is 0 Å². The zero-order valence-electron chi connectivity index (χ0n) is 12.9. The first-order valence-corrected chi connectivity index (χ1v) is 6.63. The fourth-order valence-corrected chi connectivity index (χ4v) is 1.80. The van der Waals surface area contributed by atoms with Crippen LogP contribution in [0.4, 0.5) is 17.6 Å². The topological polar surface area (TPSA) is 0 Å². The van der Waals surface area contributed by atoms with Crippen LogP contribution in [0.25, 0.3) is 0 Å². The van der Waals surface area contributed by atoms with Crippen LogP contribution in [-0.4, -0.2) is 11.8 Å². The average molecular weight is 302 g/mol. The van der Waals surface area contributed by atoms with Crippen molar-refractivity contribution in [1.29, 1.82) is 0 Å². The maximum absolute atomic E-state index is 13.8. The summed E-state index contributed by atoms with van der Waals surface area (Å²) in [6.45, 7) is 11.3. The molecule has 0 aromatic rings. The minimum absolute atomic E-state index is 0.0434. The molecule has 0 heterocycles. The number of rotatable bonds is 7. The molecule has 0 saturated carbocycles. The molecule has 0 radical (unpaired) electrons. The predicted molar refractivity (Wildman–Crippen MR) is 80.8 cm³/mol. The smallest absolute Gasteiger partial charge is 0.202 e. The van der Waals surface area contributed by atoms with E-state index in [0.717, 1.165) is 6.92 Å². The number of hydrogen-bond donors (Lipinski definition) is 0. The minimum Gasteiger partial charge on any atom is -0.202 e. The molecule has 0 aliphatic carbocycles. The molecule has 0 atom stereocenters. The Balaban J connectivity index is 6.23. The maximum Gasteiger partial charge on any atom is 0.270 e. The number of alkyl halides is 4. The van der Waals surface area contributed by atoms with E-state index < -0.39 is 17.4 Å². The molecular formula is C17H22F4. The molecule has 0 aliphatic heterocycles. The zero-order chi connectivity index (χ0) is 16.8. The van der Waals surface area contributed by atoms with Gasteiger partial charge in [-0.15, -0.1) is 0 Å². The van der Waals surface area contributed by atoms with E-state index in [1.165, 1.54) is 31.2 Å². The quantitative estimate of drug-likeness (QED) is 0.385. The first-order chi connectivity index (χ1) is 9.46. The largest absolute Gasteiger partial charge is 0.270 e. The molecule has 0 fully saturated rings. The van der Waals surface area contributed by atoms with Crippen molar-refractivity contribution in [3.63, 3.8) is 0 Å². The molecular weight excluding hydrogens is 280 g/mol. The zero-order valence-corrected chi connectivity index (χ0v) is 12.9. The maximum atomic E-state index is 13.8. The third kappa shape index (κ3) is 5.74. The predicted octanol–water partition coefficient (Wildman–Crippen LogP) is 6.25. The summed E-state index contributed by atoms with van der Waals surface area (Å²) in [4.78, 5) is 0. The van der Waals surface area contributed by atoms with E-state index in [-0.39, 0.29) is 16.7 Å². The molecule has 0 aromatic heterocycles. The first-order valence-electron chi connectivity index (χ1n) is 6.63. The van der Waals surface area contributed by atoms with Crippen molar-refractivity contribution in [3.8, 4) is 0 Å². The lowest BCUT2D eigenvalue weighted by Gasteiger charge is -2.22. The highest BCUT2D eigenvalue weighted by molar-refractivity contribution is 5.53. The van der Waals surface area contributed by atoms with E-state index in [9.17, 15) is 17.6 Å². The normalized spacial score (nSPS) is 15.1. The molecule has 0 saturated heterocycles. The van der Waals surface area contributed by atoms with Gasteiger partial charge in [-0.05, 0) is 24.5 Å². The fourth-order valence-electron chi connectivity index (χ4n) is 1.80. The van der Waals surface area contributed by atoms with Crippen molar-refractivity contribution in [1.82, 2.24) is 0 Å². The van der Waals surface area contributed by atoms with Gasteiger partial charge in [0.05, 0.1) is 0 Å². The van der Waals surface area contributed by atoms with Crippen LogP contribution in [0.5, 0.6) is 0 Å². The average Bonchev–Trinajstić information content (AvgIpc) is 2.34. The number of allylic oxidation sites excluding steroid dienone is 8. The molecule has 0 unspecified atom stereocenters. The number of hydrogen-bond acceptors (Lipinski definition) is 0. The summed E-state index contributed by atoms with van der Waals surface area (Å²) in [5, 5.41) is 0. The summed E-state index contributed by atoms with van der Waals surface area (Å²) in [6, 6.07) is 0. The van der Waals surface area contributed by atoms with E-state index >= 15 is 0 Å². The van der Waals surface area contributed by atoms with Gasteiger partial charge in [0.1, 0.15) is 0 Å². The summed E-state index contributed by atoms with van der Waals surface area (Å²) in [5.41, 5.74) is -0.666. The summed E-state index contributed by atoms with van der Waals surface area (Å²) < 4.78 is 54.4. The molecule has 0 aliphatic rings. The lowest BCUT2D eigenvalue weighted by atomic mass is 9.90. The second kappa shape index (κ2) is 7.43. The highest BCUT2D eigenvalue weighted by Gasteiger charge is 2.33. The summed E-state index contributed by atoms with van der Waals surface area (Å²) in [6.07, 6.45) is 5.91. The molecule has 0 amide bonds. The Kier molecular flexibility index (Phi) is 6.88. The van der Waals surface area contributed by atoms with Crippen molar-refractivity contribution in [2.24, 2.45) is 0 Å². The van der Waals surface area contributed by atoms with Crippen molar-refractivity contribution in [3.05, 3.63) is 59.8 Å². The fraction of sp³-hybridized carbons (Fsp3) is 0.412. The van der Waals surface area contributed by atoms with Crippen molar-refractivity contribution < 1.29 is 17.6 Å². The summed E-state index contributed by atoms with van der Waals surface area (Å²) >= 11 is 0. The van der Waals surface area contributed by atoms with Gasteiger partial charge in [0.25, 0.3) is 11.8 Å². The van der Waals surface area contributed by atoms with Gasteiger partial charge in [0, 0.05) is 25.0 Å². The van der Waals surface area contributed by atoms with Gasteiger partial charge in [-0.3, -0.25) is 0 Å². The highest BCUT2D eigenvalue weighted by atomic mass is 19.3. The molecule has 0 bridgehead atoms. The Hall–Kier alpha value is -1.58. The van der Waals surface area contributed by atoms with Crippen LogP contribution in [0.15, 0.2) is 59.8 Å². The molecule has 118 valence electrons. The second-order valence-electron chi connectivity index (χ2n) is 4.91. The Morgan fingerprint density at radius 2 is 1.62 bits per heavy atom. The van der Waals surface area contributed by atoms with Crippen LogP contribution in [-0.2, 0) is 0 Å². The standard InChI is InChI=1S/C17H22F4/c1-7-9-11-14(12(3)13(4)16(5,18)19)15(10-8-2)17(6,20)21/h7,9-11H,1,4,8H2,2-3,5-6H3/b11-9-,14-12-,15-10+. The van der Waals surface area contributed by atoms with Crippen LogP contribution in [0.1, 0.15) is 34.1 Å². The highest BCUT2D eigenvalue weighted by Crippen LogP contribution is 2.37. The molecule has 0 spiro atoms. The van der Waals surface area contributed by atoms with E-state index in [1.54, 1.807) is 6.92 Å².